The van der Waals surface area contributed by atoms with Crippen LogP contribution < -0.4 is 20.1 Å². The van der Waals surface area contributed by atoms with E-state index in [1.165, 1.54) is 12.1 Å². The van der Waals surface area contributed by atoms with E-state index in [9.17, 15) is 19.1 Å². The summed E-state index contributed by atoms with van der Waals surface area (Å²) in [6, 6.07) is 11.4. The first-order chi connectivity index (χ1) is 16.2. The Labute approximate surface area is 202 Å². The highest BCUT2D eigenvalue weighted by Crippen LogP contribution is 2.47. The van der Waals surface area contributed by atoms with E-state index in [2.05, 4.69) is 10.6 Å². The minimum Gasteiger partial charge on any atom is -0.484 e. The molecule has 3 aliphatic rings. The van der Waals surface area contributed by atoms with E-state index in [-0.39, 0.29) is 35.8 Å². The normalized spacial score (nSPS) is 25.5. The van der Waals surface area contributed by atoms with Gasteiger partial charge in [-0.15, -0.1) is 0 Å². The summed E-state index contributed by atoms with van der Waals surface area (Å²) in [5.74, 6) is -0.444. The predicted molar refractivity (Wildman–Crippen MR) is 124 cm³/mol. The lowest BCUT2D eigenvalue weighted by Crippen LogP contribution is -2.70. The number of aliphatic hydroxyl groups is 1. The fourth-order valence-corrected chi connectivity index (χ4v) is 4.99. The molecule has 1 atom stereocenters. The topological polar surface area (TPSA) is 96.9 Å². The smallest absolute Gasteiger partial charge is 0.258 e. The number of fused-ring (bicyclic) bond motifs is 3. The summed E-state index contributed by atoms with van der Waals surface area (Å²) in [6.45, 7) is 1.53. The fourth-order valence-electron chi connectivity index (χ4n) is 4.88. The molecule has 2 aromatic carbocycles. The second-order valence-corrected chi connectivity index (χ2v) is 9.63. The zero-order chi connectivity index (χ0) is 24.3. The molecule has 0 heterocycles. The number of benzene rings is 2. The third kappa shape index (κ3) is 5.45. The van der Waals surface area contributed by atoms with Crippen LogP contribution in [0.5, 0.6) is 11.5 Å². The Balaban J connectivity index is 1.28. The number of rotatable bonds is 8. The first-order valence-corrected chi connectivity index (χ1v) is 11.6. The van der Waals surface area contributed by atoms with Crippen molar-refractivity contribution in [3.05, 3.63) is 58.9 Å². The molecule has 2 bridgehead atoms. The van der Waals surface area contributed by atoms with Crippen molar-refractivity contribution >= 4 is 23.4 Å². The van der Waals surface area contributed by atoms with Crippen molar-refractivity contribution in [3.63, 3.8) is 0 Å². The van der Waals surface area contributed by atoms with Gasteiger partial charge in [-0.3, -0.25) is 9.59 Å². The van der Waals surface area contributed by atoms with Crippen LogP contribution >= 0.6 is 11.6 Å². The van der Waals surface area contributed by atoms with Gasteiger partial charge in [0.1, 0.15) is 17.3 Å². The van der Waals surface area contributed by atoms with Crippen molar-refractivity contribution in [2.45, 2.75) is 56.2 Å². The molecule has 3 aliphatic carbocycles. The summed E-state index contributed by atoms with van der Waals surface area (Å²) < 4.78 is 24.5. The molecule has 3 saturated carbocycles. The number of halogens is 2. The number of nitrogens with one attached hydrogen (secondary N) is 2. The van der Waals surface area contributed by atoms with E-state index in [0.29, 0.717) is 37.9 Å². The van der Waals surface area contributed by atoms with Gasteiger partial charge in [0.05, 0.1) is 16.7 Å². The molecule has 2 aromatic rings. The number of hydrogen-bond acceptors (Lipinski definition) is 5. The second-order valence-electron chi connectivity index (χ2n) is 9.22. The van der Waals surface area contributed by atoms with Crippen LogP contribution in [0, 0.1) is 12.7 Å². The molecule has 182 valence electrons. The number of carbonyl (C=O) groups excluding carboxylic acids is 2. The van der Waals surface area contributed by atoms with Gasteiger partial charge in [-0.1, -0.05) is 23.7 Å². The van der Waals surface area contributed by atoms with Gasteiger partial charge in [-0.2, -0.15) is 0 Å². The highest BCUT2D eigenvalue weighted by atomic mass is 35.5. The van der Waals surface area contributed by atoms with Gasteiger partial charge in [0.15, 0.2) is 13.2 Å². The van der Waals surface area contributed by atoms with E-state index < -0.39 is 23.0 Å². The first-order valence-electron chi connectivity index (χ1n) is 11.3. The zero-order valence-corrected chi connectivity index (χ0v) is 19.7. The van der Waals surface area contributed by atoms with Crippen LogP contribution in [0.4, 0.5) is 4.39 Å². The highest BCUT2D eigenvalue weighted by Gasteiger charge is 2.55. The molecular formula is C25H28ClFN2O5. The van der Waals surface area contributed by atoms with Crippen molar-refractivity contribution in [2.24, 2.45) is 0 Å². The zero-order valence-electron chi connectivity index (χ0n) is 18.9. The quantitative estimate of drug-likeness (QED) is 0.527. The van der Waals surface area contributed by atoms with Crippen LogP contribution in [0.3, 0.4) is 0 Å². The lowest BCUT2D eigenvalue weighted by Gasteiger charge is -2.56. The van der Waals surface area contributed by atoms with Crippen molar-refractivity contribution in [1.82, 2.24) is 10.6 Å². The summed E-state index contributed by atoms with van der Waals surface area (Å²) in [7, 11) is 0. The molecule has 7 nitrogen and oxygen atoms in total. The first kappa shape index (κ1) is 24.3. The maximum atomic E-state index is 13.5. The van der Waals surface area contributed by atoms with Gasteiger partial charge in [-0.25, -0.2) is 4.39 Å². The monoisotopic (exact) mass is 490 g/mol. The Morgan fingerprint density at radius 3 is 2.29 bits per heavy atom. The van der Waals surface area contributed by atoms with E-state index in [0.717, 1.165) is 11.6 Å². The number of amides is 2. The molecule has 0 radical (unpaired) electrons. The number of ether oxygens (including phenoxy) is 2. The second kappa shape index (κ2) is 9.80. The lowest BCUT2D eigenvalue weighted by atomic mass is 9.60. The summed E-state index contributed by atoms with van der Waals surface area (Å²) in [4.78, 5) is 25.1. The van der Waals surface area contributed by atoms with E-state index in [1.54, 1.807) is 6.07 Å². The third-order valence-electron chi connectivity index (χ3n) is 6.73. The van der Waals surface area contributed by atoms with Gasteiger partial charge < -0.3 is 25.2 Å². The minimum absolute atomic E-state index is 0.0219. The summed E-state index contributed by atoms with van der Waals surface area (Å²) in [5.41, 5.74) is -0.248. The average molecular weight is 491 g/mol. The maximum Gasteiger partial charge on any atom is 0.258 e. The van der Waals surface area contributed by atoms with Gasteiger partial charge in [0.25, 0.3) is 11.8 Å². The van der Waals surface area contributed by atoms with Crippen molar-refractivity contribution in [3.8, 4) is 11.5 Å². The molecule has 0 saturated heterocycles. The number of aliphatic hydroxyl groups excluding tert-OH is 1. The molecule has 9 heteroatoms. The SMILES string of the molecule is Cc1cccc(OCC(=O)NC23CCC(NC(=O)COc4ccc(Cl)c(F)c4)(CC2)C[C@H]3O)c1. The van der Waals surface area contributed by atoms with Gasteiger partial charge in [0, 0.05) is 11.6 Å². The van der Waals surface area contributed by atoms with Crippen LogP contribution in [-0.4, -0.2) is 47.3 Å². The molecule has 0 unspecified atom stereocenters. The van der Waals surface area contributed by atoms with Crippen LogP contribution in [0.1, 0.15) is 37.7 Å². The molecule has 2 amide bonds. The van der Waals surface area contributed by atoms with Crippen LogP contribution in [0.25, 0.3) is 0 Å². The number of carbonyl (C=O) groups is 2. The lowest BCUT2D eigenvalue weighted by molar-refractivity contribution is -0.137. The number of hydrogen-bond donors (Lipinski definition) is 3. The summed E-state index contributed by atoms with van der Waals surface area (Å²) in [5, 5.41) is 16.8. The number of aryl methyl sites for hydroxylation is 1. The largest absolute Gasteiger partial charge is 0.484 e. The Morgan fingerprint density at radius 2 is 1.68 bits per heavy atom. The Morgan fingerprint density at radius 1 is 1.03 bits per heavy atom. The van der Waals surface area contributed by atoms with E-state index in [1.807, 2.05) is 25.1 Å². The standard InChI is InChI=1S/C25H28ClFN2O5/c1-16-3-2-4-17(11-16)33-15-23(32)29-25-9-7-24(8-10-25,13-21(25)30)28-22(31)14-34-18-5-6-19(26)20(27)12-18/h2-6,11-12,21,30H,7-10,13-15H2,1H3,(H,28,31)(H,29,32)/t21-,24?,25?/m1/s1. The van der Waals surface area contributed by atoms with Crippen LogP contribution in [0.2, 0.25) is 5.02 Å². The van der Waals surface area contributed by atoms with Crippen LogP contribution in [0.15, 0.2) is 42.5 Å². The molecule has 0 aromatic heterocycles. The van der Waals surface area contributed by atoms with Crippen LogP contribution in [-0.2, 0) is 9.59 Å². The van der Waals surface area contributed by atoms with Gasteiger partial charge in [0.2, 0.25) is 0 Å². The Bertz CT molecular complexity index is 1070. The Hall–Kier alpha value is -2.84. The molecule has 0 spiro atoms. The van der Waals surface area contributed by atoms with Crippen molar-refractivity contribution in [2.75, 3.05) is 13.2 Å². The highest BCUT2D eigenvalue weighted by molar-refractivity contribution is 6.30. The van der Waals surface area contributed by atoms with Crippen molar-refractivity contribution in [1.29, 1.82) is 0 Å². The molecule has 34 heavy (non-hydrogen) atoms. The third-order valence-corrected chi connectivity index (χ3v) is 7.04. The minimum atomic E-state index is -0.801. The average Bonchev–Trinajstić information content (AvgIpc) is 2.80. The van der Waals surface area contributed by atoms with Crippen molar-refractivity contribution < 1.29 is 28.6 Å². The maximum absolute atomic E-state index is 13.5. The summed E-state index contributed by atoms with van der Waals surface area (Å²) >= 11 is 5.65. The van der Waals surface area contributed by atoms with Gasteiger partial charge in [-0.05, 0) is 68.9 Å². The molecule has 5 rings (SSSR count). The molecular weight excluding hydrogens is 463 g/mol. The fraction of sp³-hybridized carbons (Fsp3) is 0.440. The van der Waals surface area contributed by atoms with E-state index >= 15 is 0 Å². The molecule has 0 aliphatic heterocycles. The van der Waals surface area contributed by atoms with Gasteiger partial charge >= 0.3 is 0 Å². The molecule has 3 N–H and O–H groups in total. The Kier molecular flexibility index (Phi) is 7.00. The predicted octanol–water partition coefficient (Wildman–Crippen LogP) is 3.29. The molecule has 3 fully saturated rings. The van der Waals surface area contributed by atoms with E-state index in [4.69, 9.17) is 21.1 Å². The summed E-state index contributed by atoms with van der Waals surface area (Å²) in [6.07, 6.45) is 1.83.